The molecule has 0 saturated heterocycles. The van der Waals surface area contributed by atoms with Crippen LogP contribution in [0.1, 0.15) is 30.5 Å². The Bertz CT molecular complexity index is 1550. The van der Waals surface area contributed by atoms with Gasteiger partial charge in [0.05, 0.1) is 31.2 Å². The van der Waals surface area contributed by atoms with Gasteiger partial charge in [-0.1, -0.05) is 40.2 Å². The molecule has 0 bridgehead atoms. The molecule has 0 radical (unpaired) electrons. The molecule has 1 unspecified atom stereocenters. The maximum absolute atomic E-state index is 13.6. The van der Waals surface area contributed by atoms with Crippen molar-refractivity contribution in [1.29, 1.82) is 0 Å². The molecule has 0 saturated carbocycles. The van der Waals surface area contributed by atoms with Gasteiger partial charge >= 0.3 is 0 Å². The number of carbonyl (C=O) groups is 1. The van der Waals surface area contributed by atoms with Crippen molar-refractivity contribution in [2.24, 2.45) is 5.10 Å². The average Bonchev–Trinajstić information content (AvgIpc) is 3.41. The molecule has 2 heterocycles. The van der Waals surface area contributed by atoms with Gasteiger partial charge in [0.2, 0.25) is 0 Å². The number of benzene rings is 3. The molecule has 1 amide bonds. The van der Waals surface area contributed by atoms with Crippen LogP contribution >= 0.6 is 15.9 Å². The van der Waals surface area contributed by atoms with Crippen LogP contribution in [0.15, 0.2) is 99.3 Å². The predicted molar refractivity (Wildman–Crippen MR) is 153 cm³/mol. The minimum Gasteiger partial charge on any atom is -0.497 e. The second kappa shape index (κ2) is 11.7. The summed E-state index contributed by atoms with van der Waals surface area (Å²) in [7, 11) is 1.61. The Morgan fingerprint density at radius 1 is 0.923 bits per heavy atom. The van der Waals surface area contributed by atoms with E-state index in [2.05, 4.69) is 21.0 Å². The summed E-state index contributed by atoms with van der Waals surface area (Å²) < 4.78 is 13.0. The summed E-state index contributed by atoms with van der Waals surface area (Å²) in [6.45, 7) is 2.26. The van der Waals surface area contributed by atoms with Crippen LogP contribution < -0.4 is 15.0 Å². The van der Waals surface area contributed by atoms with Crippen LogP contribution in [-0.2, 0) is 11.3 Å². The Morgan fingerprint density at radius 2 is 1.59 bits per heavy atom. The summed E-state index contributed by atoms with van der Waals surface area (Å²) in [6, 6.07) is 25.6. The highest BCUT2D eigenvalue weighted by Crippen LogP contribution is 2.34. The molecule has 4 aromatic rings. The van der Waals surface area contributed by atoms with Crippen molar-refractivity contribution in [3.05, 3.63) is 111 Å². The molecule has 0 aliphatic carbocycles. The third-order valence-electron chi connectivity index (χ3n) is 6.46. The van der Waals surface area contributed by atoms with Gasteiger partial charge in [-0.2, -0.15) is 10.2 Å². The number of hydrazone groups is 1. The number of aromatic nitrogens is 2. The molecule has 8 nitrogen and oxygen atoms in total. The standard InChI is InChI=1S/C30H27BrN4O4/c1-3-39-25-14-6-20(7-15-25)26-16-17-29(36)34(32-26)19-30(37)35-28(22-8-12-24(38-2)13-9-22)18-27(33-35)21-4-10-23(31)11-5-21/h4-17,28H,3,18-19H2,1-2H3. The van der Waals surface area contributed by atoms with E-state index >= 15 is 0 Å². The lowest BCUT2D eigenvalue weighted by atomic mass is 9.98. The maximum Gasteiger partial charge on any atom is 0.267 e. The Hall–Kier alpha value is -4.24. The number of nitrogens with zero attached hydrogens (tertiary/aromatic N) is 4. The van der Waals surface area contributed by atoms with Crippen LogP contribution in [0, 0.1) is 0 Å². The normalized spacial score (nSPS) is 14.7. The molecule has 1 aromatic heterocycles. The van der Waals surface area contributed by atoms with E-state index in [1.807, 2.05) is 79.7 Å². The first-order valence-electron chi connectivity index (χ1n) is 12.6. The van der Waals surface area contributed by atoms with Gasteiger partial charge in [-0.15, -0.1) is 0 Å². The molecule has 1 aliphatic heterocycles. The SMILES string of the molecule is CCOc1ccc(-c2ccc(=O)n(CC(=O)N3N=C(c4ccc(Br)cc4)CC3c3ccc(OC)cc3)n2)cc1. The molecule has 1 aliphatic rings. The number of amides is 1. The number of carbonyl (C=O) groups excluding carboxylic acids is 1. The molecule has 0 fully saturated rings. The van der Waals surface area contributed by atoms with Gasteiger partial charge in [0, 0.05) is 22.5 Å². The molecule has 0 spiro atoms. The minimum absolute atomic E-state index is 0.243. The monoisotopic (exact) mass is 586 g/mol. The molecule has 5 rings (SSSR count). The van der Waals surface area contributed by atoms with Crippen LogP contribution in [0.25, 0.3) is 11.3 Å². The lowest BCUT2D eigenvalue weighted by Crippen LogP contribution is -2.34. The van der Waals surface area contributed by atoms with E-state index in [-0.39, 0.29) is 24.1 Å². The highest BCUT2D eigenvalue weighted by atomic mass is 79.9. The van der Waals surface area contributed by atoms with E-state index in [0.717, 1.165) is 38.4 Å². The average molecular weight is 587 g/mol. The Kier molecular flexibility index (Phi) is 7.88. The van der Waals surface area contributed by atoms with Gasteiger partial charge in [0.1, 0.15) is 18.0 Å². The fourth-order valence-electron chi connectivity index (χ4n) is 4.45. The molecule has 3 aromatic carbocycles. The zero-order chi connectivity index (χ0) is 27.4. The van der Waals surface area contributed by atoms with Crippen molar-refractivity contribution in [3.8, 4) is 22.8 Å². The van der Waals surface area contributed by atoms with Crippen LogP contribution in [0.3, 0.4) is 0 Å². The van der Waals surface area contributed by atoms with Crippen molar-refractivity contribution >= 4 is 27.5 Å². The zero-order valence-electron chi connectivity index (χ0n) is 21.6. The number of rotatable bonds is 8. The molecule has 198 valence electrons. The topological polar surface area (TPSA) is 86.0 Å². The predicted octanol–water partition coefficient (Wildman–Crippen LogP) is 5.46. The highest BCUT2D eigenvalue weighted by Gasteiger charge is 2.33. The Labute approximate surface area is 234 Å². The van der Waals surface area contributed by atoms with E-state index in [1.165, 1.54) is 15.8 Å². The van der Waals surface area contributed by atoms with Gasteiger partial charge in [0.15, 0.2) is 0 Å². The Morgan fingerprint density at radius 3 is 2.26 bits per heavy atom. The van der Waals surface area contributed by atoms with Crippen LogP contribution in [0.4, 0.5) is 0 Å². The van der Waals surface area contributed by atoms with Gasteiger partial charge in [-0.3, -0.25) is 9.59 Å². The molecule has 0 N–H and O–H groups in total. The van der Waals surface area contributed by atoms with Gasteiger partial charge in [0.25, 0.3) is 11.5 Å². The highest BCUT2D eigenvalue weighted by molar-refractivity contribution is 9.10. The fraction of sp³-hybridized carbons (Fsp3) is 0.200. The van der Waals surface area contributed by atoms with Crippen molar-refractivity contribution in [2.45, 2.75) is 25.9 Å². The Balaban J connectivity index is 1.44. The number of hydrogen-bond acceptors (Lipinski definition) is 6. The molecule has 39 heavy (non-hydrogen) atoms. The smallest absolute Gasteiger partial charge is 0.267 e. The lowest BCUT2D eigenvalue weighted by Gasteiger charge is -2.22. The van der Waals surface area contributed by atoms with E-state index in [4.69, 9.17) is 14.6 Å². The lowest BCUT2D eigenvalue weighted by molar-refractivity contribution is -0.133. The maximum atomic E-state index is 13.6. The van der Waals surface area contributed by atoms with E-state index in [1.54, 1.807) is 13.2 Å². The van der Waals surface area contributed by atoms with E-state index in [0.29, 0.717) is 18.7 Å². The summed E-state index contributed by atoms with van der Waals surface area (Å²) in [5.41, 5.74) is 3.67. The molecule has 9 heteroatoms. The number of halogens is 1. The van der Waals surface area contributed by atoms with Crippen LogP contribution in [-0.4, -0.2) is 40.1 Å². The summed E-state index contributed by atoms with van der Waals surface area (Å²) in [6.07, 6.45) is 0.536. The van der Waals surface area contributed by atoms with Crippen molar-refractivity contribution in [1.82, 2.24) is 14.8 Å². The van der Waals surface area contributed by atoms with E-state index < -0.39 is 0 Å². The first-order chi connectivity index (χ1) is 18.9. The summed E-state index contributed by atoms with van der Waals surface area (Å²) in [5.74, 6) is 1.15. The third-order valence-corrected chi connectivity index (χ3v) is 6.99. The van der Waals surface area contributed by atoms with Gasteiger partial charge in [-0.25, -0.2) is 9.69 Å². The summed E-state index contributed by atoms with van der Waals surface area (Å²) >= 11 is 3.47. The van der Waals surface area contributed by atoms with Crippen LogP contribution in [0.5, 0.6) is 11.5 Å². The first-order valence-corrected chi connectivity index (χ1v) is 13.4. The first kappa shape index (κ1) is 26.4. The zero-order valence-corrected chi connectivity index (χ0v) is 23.2. The van der Waals surface area contributed by atoms with Crippen LogP contribution in [0.2, 0.25) is 0 Å². The number of methoxy groups -OCH3 is 1. The van der Waals surface area contributed by atoms with Crippen molar-refractivity contribution in [2.75, 3.05) is 13.7 Å². The molecular weight excluding hydrogens is 560 g/mol. The fourth-order valence-corrected chi connectivity index (χ4v) is 4.71. The second-order valence-electron chi connectivity index (χ2n) is 8.96. The van der Waals surface area contributed by atoms with E-state index in [9.17, 15) is 9.59 Å². The quantitative estimate of drug-likeness (QED) is 0.274. The molecule has 1 atom stereocenters. The van der Waals surface area contributed by atoms with Crippen molar-refractivity contribution in [3.63, 3.8) is 0 Å². The molecular formula is C30H27BrN4O4. The summed E-state index contributed by atoms with van der Waals surface area (Å²) in [5, 5.41) is 10.7. The van der Waals surface area contributed by atoms with Crippen molar-refractivity contribution < 1.29 is 14.3 Å². The largest absolute Gasteiger partial charge is 0.497 e. The van der Waals surface area contributed by atoms with Gasteiger partial charge < -0.3 is 9.47 Å². The number of ether oxygens (including phenoxy) is 2. The summed E-state index contributed by atoms with van der Waals surface area (Å²) in [4.78, 5) is 26.3. The number of hydrogen-bond donors (Lipinski definition) is 0. The second-order valence-corrected chi connectivity index (χ2v) is 9.87. The minimum atomic E-state index is -0.365. The van der Waals surface area contributed by atoms with Gasteiger partial charge in [-0.05, 0) is 72.6 Å². The third kappa shape index (κ3) is 5.93.